The van der Waals surface area contributed by atoms with Gasteiger partial charge in [-0.2, -0.15) is 0 Å². The normalized spacial score (nSPS) is 12.1. The molecule has 0 spiro atoms. The van der Waals surface area contributed by atoms with Gasteiger partial charge in [0.15, 0.2) is 17.5 Å². The average Bonchev–Trinajstić information content (AvgIpc) is 3.87. The molecule has 0 bridgehead atoms. The Balaban J connectivity index is 1.04. The fourth-order valence-electron chi connectivity index (χ4n) is 10.4. The Morgan fingerprint density at radius 1 is 0.250 bits per heavy atom. The molecule has 5 heteroatoms. The van der Waals surface area contributed by atoms with Crippen LogP contribution in [-0.4, -0.2) is 24.9 Å². The van der Waals surface area contributed by atoms with Crippen molar-refractivity contribution in [3.8, 4) is 101 Å². The van der Waals surface area contributed by atoms with Crippen LogP contribution in [0.15, 0.2) is 200 Å². The van der Waals surface area contributed by atoms with Gasteiger partial charge in [0.2, 0.25) is 0 Å². The number of hydrogen-bond donors (Lipinski definition) is 0. The van der Waals surface area contributed by atoms with Gasteiger partial charge in [-0.05, 0) is 131 Å². The van der Waals surface area contributed by atoms with Gasteiger partial charge in [0, 0.05) is 39.9 Å². The van der Waals surface area contributed by atoms with Gasteiger partial charge in [0.1, 0.15) is 0 Å². The molecule has 0 fully saturated rings. The quantitative estimate of drug-likeness (QED) is 0.173. The number of benzene rings is 9. The lowest BCUT2D eigenvalue weighted by Crippen LogP contribution is -2.01. The molecule has 9 aromatic carbocycles. The van der Waals surface area contributed by atoms with Crippen LogP contribution in [0.1, 0.15) is 0 Å². The van der Waals surface area contributed by atoms with E-state index in [0.29, 0.717) is 17.5 Å². The van der Waals surface area contributed by atoms with E-state index in [9.17, 15) is 0 Å². The summed E-state index contributed by atoms with van der Waals surface area (Å²) in [6, 6.07) is 67.5. The van der Waals surface area contributed by atoms with E-state index in [-0.39, 0.29) is 0 Å². The molecule has 2 aliphatic rings. The molecule has 2 aliphatic carbocycles. The van der Waals surface area contributed by atoms with Gasteiger partial charge in [0.05, 0.1) is 11.0 Å². The molecule has 0 atom stereocenters. The summed E-state index contributed by atoms with van der Waals surface area (Å²) in [5.41, 5.74) is 19.1. The molecule has 0 N–H and O–H groups in total. The molecule has 0 aliphatic heterocycles. The fourth-order valence-corrected chi connectivity index (χ4v) is 10.4. The van der Waals surface area contributed by atoms with Gasteiger partial charge in [-0.3, -0.25) is 9.97 Å². The van der Waals surface area contributed by atoms with Crippen LogP contribution in [0.4, 0.5) is 0 Å². The van der Waals surface area contributed by atoms with Crippen molar-refractivity contribution < 1.29 is 0 Å². The topological polar surface area (TPSA) is 64.5 Å². The third-order valence-electron chi connectivity index (χ3n) is 13.3. The summed E-state index contributed by atoms with van der Waals surface area (Å²) < 4.78 is 0. The standard InChI is InChI=1S/C59H33N5/c1-3-13-45-43(11-1)49-17-5-15-47-41(23-25-51(45)55(47)49)38-29-39(42-24-26-52-46-14-4-2-12-44(46)50-18-6-16-48(42)56(50)52)31-40(30-38)59-63-57(36-21-19-34-9-7-27-60-53(34)32-36)62-58(64-59)37-22-20-35-10-8-28-61-54(35)33-37/h1-33H. The summed E-state index contributed by atoms with van der Waals surface area (Å²) in [7, 11) is 0. The summed E-state index contributed by atoms with van der Waals surface area (Å²) in [4.78, 5) is 25.2. The SMILES string of the molecule is c1ccc2c(c1)-c1cccc3c(-c4cc(-c5nc(-c6ccc7cccnc7c6)nc(-c6ccc7cccnc7c6)n5)cc(-c5ccc6c7c(cccc57)-c5ccccc5-6)c4)ccc-2c13. The lowest BCUT2D eigenvalue weighted by atomic mass is 9.89. The second kappa shape index (κ2) is 13.4. The van der Waals surface area contributed by atoms with Gasteiger partial charge < -0.3 is 0 Å². The lowest BCUT2D eigenvalue weighted by Gasteiger charge is -2.16. The Kier molecular flexibility index (Phi) is 7.33. The molecule has 0 saturated heterocycles. The molecule has 0 unspecified atom stereocenters. The number of aromatic nitrogens is 5. The molecule has 0 amide bonds. The van der Waals surface area contributed by atoms with Gasteiger partial charge >= 0.3 is 0 Å². The van der Waals surface area contributed by atoms with Crippen molar-refractivity contribution in [3.05, 3.63) is 200 Å². The van der Waals surface area contributed by atoms with Crippen LogP contribution in [0.5, 0.6) is 0 Å². The largest absolute Gasteiger partial charge is 0.256 e. The zero-order valence-electron chi connectivity index (χ0n) is 34.3. The van der Waals surface area contributed by atoms with Gasteiger partial charge in [-0.25, -0.2) is 15.0 Å². The van der Waals surface area contributed by atoms with E-state index < -0.39 is 0 Å². The predicted molar refractivity (Wildman–Crippen MR) is 261 cm³/mol. The molecular weight excluding hydrogens is 779 g/mol. The number of nitrogens with zero attached hydrogens (tertiary/aromatic N) is 5. The van der Waals surface area contributed by atoms with Crippen LogP contribution in [0, 0.1) is 0 Å². The maximum atomic E-state index is 5.33. The number of pyridine rings is 2. The second-order valence-electron chi connectivity index (χ2n) is 16.8. The molecular formula is C59H33N5. The summed E-state index contributed by atoms with van der Waals surface area (Å²) >= 11 is 0. The maximum absolute atomic E-state index is 5.33. The molecule has 12 aromatic rings. The van der Waals surface area contributed by atoms with E-state index in [2.05, 4.69) is 186 Å². The first kappa shape index (κ1) is 35.0. The van der Waals surface area contributed by atoms with Crippen molar-refractivity contribution in [1.82, 2.24) is 24.9 Å². The molecule has 5 nitrogen and oxygen atoms in total. The van der Waals surface area contributed by atoms with E-state index in [4.69, 9.17) is 15.0 Å². The number of hydrogen-bond acceptors (Lipinski definition) is 5. The molecule has 0 saturated carbocycles. The fraction of sp³-hybridized carbons (Fsp3) is 0. The van der Waals surface area contributed by atoms with Gasteiger partial charge in [0.25, 0.3) is 0 Å². The van der Waals surface area contributed by atoms with Crippen LogP contribution in [-0.2, 0) is 0 Å². The van der Waals surface area contributed by atoms with E-state index in [0.717, 1.165) is 60.8 Å². The molecule has 3 heterocycles. The van der Waals surface area contributed by atoms with E-state index in [1.54, 1.807) is 0 Å². The lowest BCUT2D eigenvalue weighted by molar-refractivity contribution is 1.07. The first-order chi connectivity index (χ1) is 31.7. The van der Waals surface area contributed by atoms with Crippen molar-refractivity contribution in [2.75, 3.05) is 0 Å². The average molecular weight is 812 g/mol. The summed E-state index contributed by atoms with van der Waals surface area (Å²) in [6.07, 6.45) is 3.65. The Morgan fingerprint density at radius 2 is 0.641 bits per heavy atom. The van der Waals surface area contributed by atoms with Crippen LogP contribution in [0.25, 0.3) is 144 Å². The maximum Gasteiger partial charge on any atom is 0.164 e. The predicted octanol–water partition coefficient (Wildman–Crippen LogP) is 14.9. The summed E-state index contributed by atoms with van der Waals surface area (Å²) in [6.45, 7) is 0. The molecule has 14 rings (SSSR count). The molecule has 0 radical (unpaired) electrons. The van der Waals surface area contributed by atoms with E-state index in [1.807, 2.05) is 24.5 Å². The monoisotopic (exact) mass is 811 g/mol. The summed E-state index contributed by atoms with van der Waals surface area (Å²) in [5, 5.41) is 7.12. The van der Waals surface area contributed by atoms with Crippen molar-refractivity contribution in [2.24, 2.45) is 0 Å². The van der Waals surface area contributed by atoms with Crippen LogP contribution in [0.3, 0.4) is 0 Å². The van der Waals surface area contributed by atoms with Crippen molar-refractivity contribution in [1.29, 1.82) is 0 Å². The third-order valence-corrected chi connectivity index (χ3v) is 13.3. The van der Waals surface area contributed by atoms with Crippen molar-refractivity contribution in [3.63, 3.8) is 0 Å². The minimum atomic E-state index is 0.576. The van der Waals surface area contributed by atoms with Gasteiger partial charge in [-0.15, -0.1) is 0 Å². The third kappa shape index (κ3) is 5.22. The van der Waals surface area contributed by atoms with Crippen molar-refractivity contribution in [2.45, 2.75) is 0 Å². The van der Waals surface area contributed by atoms with E-state index in [1.165, 1.54) is 66.1 Å². The zero-order chi connectivity index (χ0) is 41.9. The van der Waals surface area contributed by atoms with E-state index >= 15 is 0 Å². The van der Waals surface area contributed by atoms with Crippen LogP contribution in [0.2, 0.25) is 0 Å². The highest BCUT2D eigenvalue weighted by Crippen LogP contribution is 2.52. The highest BCUT2D eigenvalue weighted by atomic mass is 15.0. The number of rotatable bonds is 5. The molecule has 3 aromatic heterocycles. The second-order valence-corrected chi connectivity index (χ2v) is 16.8. The Hall–Kier alpha value is -8.67. The highest BCUT2D eigenvalue weighted by Gasteiger charge is 2.25. The van der Waals surface area contributed by atoms with Crippen LogP contribution < -0.4 is 0 Å². The molecule has 294 valence electrons. The minimum Gasteiger partial charge on any atom is -0.256 e. The molecule has 64 heavy (non-hydrogen) atoms. The highest BCUT2D eigenvalue weighted by molar-refractivity contribution is 6.20. The van der Waals surface area contributed by atoms with Crippen molar-refractivity contribution >= 4 is 43.4 Å². The zero-order valence-corrected chi connectivity index (χ0v) is 34.3. The first-order valence-corrected chi connectivity index (χ1v) is 21.6. The summed E-state index contributed by atoms with van der Waals surface area (Å²) in [5.74, 6) is 1.74. The Bertz CT molecular complexity index is 3670. The minimum absolute atomic E-state index is 0.576. The first-order valence-electron chi connectivity index (χ1n) is 21.6. The Labute approximate surface area is 368 Å². The van der Waals surface area contributed by atoms with Crippen LogP contribution >= 0.6 is 0 Å². The van der Waals surface area contributed by atoms with Gasteiger partial charge in [-0.1, -0.05) is 146 Å². The Morgan fingerprint density at radius 3 is 1.11 bits per heavy atom. The number of fused-ring (bicyclic) bond motifs is 8. The smallest absolute Gasteiger partial charge is 0.164 e.